The molecule has 0 spiro atoms. The van der Waals surface area contributed by atoms with E-state index in [0.717, 1.165) is 30.0 Å². The molecule has 1 aromatic heterocycles. The first-order valence-electron chi connectivity index (χ1n) is 7.51. The van der Waals surface area contributed by atoms with Gasteiger partial charge in [0.05, 0.1) is 12.3 Å². The molecule has 0 aliphatic carbocycles. The first kappa shape index (κ1) is 16.9. The van der Waals surface area contributed by atoms with Crippen LogP contribution in [0.2, 0.25) is 0 Å². The minimum Gasteiger partial charge on any atom is -0.481 e. The number of carbonyl (C=O) groups is 2. The summed E-state index contributed by atoms with van der Waals surface area (Å²) >= 11 is 1.37. The third-order valence-electron chi connectivity index (χ3n) is 3.88. The quantitative estimate of drug-likeness (QED) is 0.868. The average molecular weight is 326 g/mol. The van der Waals surface area contributed by atoms with E-state index in [1.165, 1.54) is 11.3 Å². The Morgan fingerprint density at radius 2 is 2.23 bits per heavy atom. The smallest absolute Gasteiger partial charge is 0.303 e. The van der Waals surface area contributed by atoms with Gasteiger partial charge in [-0.25, -0.2) is 4.98 Å². The number of hydrogen-bond acceptors (Lipinski definition) is 5. The largest absolute Gasteiger partial charge is 0.481 e. The zero-order valence-electron chi connectivity index (χ0n) is 13.0. The van der Waals surface area contributed by atoms with Crippen molar-refractivity contribution in [2.24, 2.45) is 0 Å². The summed E-state index contributed by atoms with van der Waals surface area (Å²) in [6.07, 6.45) is 3.51. The highest BCUT2D eigenvalue weighted by Crippen LogP contribution is 2.27. The van der Waals surface area contributed by atoms with Crippen molar-refractivity contribution in [2.75, 3.05) is 13.7 Å². The Labute approximate surface area is 134 Å². The van der Waals surface area contributed by atoms with Crippen LogP contribution in [0.15, 0.2) is 0 Å². The lowest BCUT2D eigenvalue weighted by atomic mass is 9.97. The average Bonchev–Trinajstić information content (AvgIpc) is 2.86. The molecular formula is C15H22N2O4S. The number of nitrogens with zero attached hydrogens (tertiary/aromatic N) is 2. The van der Waals surface area contributed by atoms with Gasteiger partial charge in [0.1, 0.15) is 9.88 Å². The number of aliphatic carboxylic acids is 1. The topological polar surface area (TPSA) is 79.7 Å². The number of rotatable bonds is 6. The number of amides is 1. The van der Waals surface area contributed by atoms with Crippen molar-refractivity contribution in [1.82, 2.24) is 9.88 Å². The lowest BCUT2D eigenvalue weighted by Crippen LogP contribution is -2.43. The van der Waals surface area contributed by atoms with Crippen LogP contribution >= 0.6 is 11.3 Å². The highest BCUT2D eigenvalue weighted by molar-refractivity contribution is 7.13. The number of likely N-dealkylation sites (tertiary alicyclic amines) is 1. The number of aryl methyl sites for hydroxylation is 1. The maximum atomic E-state index is 12.8. The number of carbonyl (C=O) groups excluding carboxylic acids is 1. The lowest BCUT2D eigenvalue weighted by Gasteiger charge is -2.35. The van der Waals surface area contributed by atoms with Crippen LogP contribution < -0.4 is 0 Å². The molecule has 6 nitrogen and oxygen atoms in total. The fourth-order valence-corrected chi connectivity index (χ4v) is 3.82. The molecule has 1 atom stereocenters. The van der Waals surface area contributed by atoms with E-state index in [2.05, 4.69) is 4.98 Å². The highest BCUT2D eigenvalue weighted by atomic mass is 32.1. The molecule has 1 aliphatic heterocycles. The Morgan fingerprint density at radius 3 is 2.91 bits per heavy atom. The van der Waals surface area contributed by atoms with Gasteiger partial charge in [-0.3, -0.25) is 9.59 Å². The van der Waals surface area contributed by atoms with Crippen LogP contribution in [0.25, 0.3) is 0 Å². The van der Waals surface area contributed by atoms with E-state index in [9.17, 15) is 9.59 Å². The molecule has 22 heavy (non-hydrogen) atoms. The third-order valence-corrected chi connectivity index (χ3v) is 5.00. The monoisotopic (exact) mass is 326 g/mol. The molecule has 122 valence electrons. The van der Waals surface area contributed by atoms with Crippen LogP contribution in [0.4, 0.5) is 0 Å². The SMILES string of the molecule is COCc1nc(C)c(C(=O)N2CCCCC2CCC(=O)O)s1. The summed E-state index contributed by atoms with van der Waals surface area (Å²) in [5, 5.41) is 9.66. The number of aromatic nitrogens is 1. The van der Waals surface area contributed by atoms with Crippen LogP contribution in [0, 0.1) is 6.92 Å². The third kappa shape index (κ3) is 4.04. The molecule has 7 heteroatoms. The van der Waals surface area contributed by atoms with E-state index in [4.69, 9.17) is 9.84 Å². The van der Waals surface area contributed by atoms with Crippen molar-refractivity contribution < 1.29 is 19.4 Å². The van der Waals surface area contributed by atoms with Crippen LogP contribution in [-0.4, -0.2) is 46.6 Å². The van der Waals surface area contributed by atoms with E-state index in [1.807, 2.05) is 11.8 Å². The Balaban J connectivity index is 2.12. The zero-order valence-corrected chi connectivity index (χ0v) is 13.8. The number of hydrogen-bond donors (Lipinski definition) is 1. The molecule has 1 unspecified atom stereocenters. The second-order valence-corrected chi connectivity index (χ2v) is 6.62. The maximum absolute atomic E-state index is 12.8. The molecule has 1 aliphatic rings. The molecule has 1 N–H and O–H groups in total. The molecule has 2 heterocycles. The fraction of sp³-hybridized carbons (Fsp3) is 0.667. The van der Waals surface area contributed by atoms with Crippen LogP contribution in [0.3, 0.4) is 0 Å². The van der Waals surface area contributed by atoms with Crippen LogP contribution in [0.5, 0.6) is 0 Å². The van der Waals surface area contributed by atoms with E-state index in [0.29, 0.717) is 24.4 Å². The Kier molecular flexibility index (Phi) is 5.90. The standard InChI is InChI=1S/C15H22N2O4S/c1-10-14(22-12(16-10)9-21-2)15(20)17-8-4-3-5-11(17)6-7-13(18)19/h11H,3-9H2,1-2H3,(H,18,19). The van der Waals surface area contributed by atoms with Gasteiger partial charge in [0.25, 0.3) is 5.91 Å². The summed E-state index contributed by atoms with van der Waals surface area (Å²) in [4.78, 5) is 30.4. The van der Waals surface area contributed by atoms with Gasteiger partial charge in [-0.2, -0.15) is 0 Å². The van der Waals surface area contributed by atoms with Gasteiger partial charge >= 0.3 is 5.97 Å². The fourth-order valence-electron chi connectivity index (χ4n) is 2.82. The van der Waals surface area contributed by atoms with Crippen molar-refractivity contribution in [3.05, 3.63) is 15.6 Å². The van der Waals surface area contributed by atoms with Crippen LogP contribution in [-0.2, 0) is 16.1 Å². The Morgan fingerprint density at radius 1 is 1.45 bits per heavy atom. The number of piperidine rings is 1. The van der Waals surface area contributed by atoms with E-state index in [-0.39, 0.29) is 18.4 Å². The van der Waals surface area contributed by atoms with E-state index < -0.39 is 5.97 Å². The summed E-state index contributed by atoms with van der Waals surface area (Å²) in [6.45, 7) is 2.93. The van der Waals surface area contributed by atoms with Gasteiger partial charge in [-0.05, 0) is 32.6 Å². The summed E-state index contributed by atoms with van der Waals surface area (Å²) in [5.41, 5.74) is 0.726. The Hall–Kier alpha value is -1.47. The number of ether oxygens (including phenoxy) is 1. The number of thiazole rings is 1. The Bertz CT molecular complexity index is 544. The maximum Gasteiger partial charge on any atom is 0.303 e. The van der Waals surface area contributed by atoms with Gasteiger partial charge in [0, 0.05) is 26.1 Å². The predicted molar refractivity (Wildman–Crippen MR) is 83.1 cm³/mol. The minimum atomic E-state index is -0.811. The molecule has 1 amide bonds. The van der Waals surface area contributed by atoms with Crippen LogP contribution in [0.1, 0.15) is 52.5 Å². The highest BCUT2D eigenvalue weighted by Gasteiger charge is 2.30. The molecule has 2 rings (SSSR count). The normalized spacial score (nSPS) is 18.5. The predicted octanol–water partition coefficient (Wildman–Crippen LogP) is 2.46. The first-order chi connectivity index (χ1) is 10.5. The summed E-state index contributed by atoms with van der Waals surface area (Å²) in [5.74, 6) is -0.832. The first-order valence-corrected chi connectivity index (χ1v) is 8.32. The molecule has 0 saturated carbocycles. The van der Waals surface area contributed by atoms with Crippen molar-refractivity contribution in [3.8, 4) is 0 Å². The van der Waals surface area contributed by atoms with Gasteiger partial charge in [-0.1, -0.05) is 0 Å². The van der Waals surface area contributed by atoms with Crippen molar-refractivity contribution in [2.45, 2.75) is 51.7 Å². The van der Waals surface area contributed by atoms with Crippen molar-refractivity contribution in [1.29, 1.82) is 0 Å². The van der Waals surface area contributed by atoms with Crippen molar-refractivity contribution in [3.63, 3.8) is 0 Å². The van der Waals surface area contributed by atoms with Gasteiger partial charge in [0.15, 0.2) is 0 Å². The second-order valence-electron chi connectivity index (χ2n) is 5.54. The van der Waals surface area contributed by atoms with E-state index in [1.54, 1.807) is 7.11 Å². The van der Waals surface area contributed by atoms with Gasteiger partial charge in [0.2, 0.25) is 0 Å². The summed E-state index contributed by atoms with van der Waals surface area (Å²) < 4.78 is 5.07. The number of carboxylic acid groups (broad SMARTS) is 1. The van der Waals surface area contributed by atoms with Gasteiger partial charge in [-0.15, -0.1) is 11.3 Å². The minimum absolute atomic E-state index is 0.0183. The number of carboxylic acids is 1. The molecule has 1 aromatic rings. The van der Waals surface area contributed by atoms with Gasteiger partial charge < -0.3 is 14.7 Å². The molecule has 0 bridgehead atoms. The second kappa shape index (κ2) is 7.69. The molecule has 0 radical (unpaired) electrons. The summed E-state index contributed by atoms with van der Waals surface area (Å²) in [6, 6.07) is 0.0183. The number of methoxy groups -OCH3 is 1. The lowest BCUT2D eigenvalue weighted by molar-refractivity contribution is -0.137. The molecule has 1 fully saturated rings. The van der Waals surface area contributed by atoms with Crippen molar-refractivity contribution >= 4 is 23.2 Å². The summed E-state index contributed by atoms with van der Waals surface area (Å²) in [7, 11) is 1.60. The molecule has 0 aromatic carbocycles. The molecular weight excluding hydrogens is 304 g/mol. The molecule has 1 saturated heterocycles. The zero-order chi connectivity index (χ0) is 16.1. The van der Waals surface area contributed by atoms with E-state index >= 15 is 0 Å².